The van der Waals surface area contributed by atoms with Crippen molar-refractivity contribution < 1.29 is 5.11 Å². The molecular weight excluding hydrogens is 320 g/mol. The van der Waals surface area contributed by atoms with Crippen LogP contribution in [-0.4, -0.2) is 40.8 Å². The van der Waals surface area contributed by atoms with Crippen molar-refractivity contribution in [1.29, 1.82) is 0 Å². The SMILES string of the molecule is CNc1ncc(Br)c(N2CCC3(O)CCCCC3C2)n1. The van der Waals surface area contributed by atoms with Crippen molar-refractivity contribution >= 4 is 27.7 Å². The highest BCUT2D eigenvalue weighted by molar-refractivity contribution is 9.10. The number of aromatic nitrogens is 2. The average molecular weight is 341 g/mol. The van der Waals surface area contributed by atoms with Crippen LogP contribution in [0, 0.1) is 5.92 Å². The van der Waals surface area contributed by atoms with E-state index in [-0.39, 0.29) is 0 Å². The molecule has 2 heterocycles. The van der Waals surface area contributed by atoms with Crippen LogP contribution in [0.5, 0.6) is 0 Å². The van der Waals surface area contributed by atoms with Crippen molar-refractivity contribution in [3.63, 3.8) is 0 Å². The lowest BCUT2D eigenvalue weighted by Gasteiger charge is -2.47. The number of hydrogen-bond donors (Lipinski definition) is 2. The van der Waals surface area contributed by atoms with Crippen LogP contribution in [0.3, 0.4) is 0 Å². The molecule has 1 aromatic rings. The minimum Gasteiger partial charge on any atom is -0.389 e. The van der Waals surface area contributed by atoms with Crippen molar-refractivity contribution in [2.75, 3.05) is 30.4 Å². The van der Waals surface area contributed by atoms with E-state index in [1.54, 1.807) is 6.20 Å². The quantitative estimate of drug-likeness (QED) is 0.865. The van der Waals surface area contributed by atoms with E-state index in [4.69, 9.17) is 0 Å². The number of aliphatic hydroxyl groups is 1. The van der Waals surface area contributed by atoms with Gasteiger partial charge in [-0.2, -0.15) is 4.98 Å². The second kappa shape index (κ2) is 5.48. The first kappa shape index (κ1) is 14.1. The highest BCUT2D eigenvalue weighted by atomic mass is 79.9. The zero-order chi connectivity index (χ0) is 14.2. The van der Waals surface area contributed by atoms with Crippen LogP contribution in [0.4, 0.5) is 11.8 Å². The summed E-state index contributed by atoms with van der Waals surface area (Å²) in [6.45, 7) is 1.74. The van der Waals surface area contributed by atoms with Gasteiger partial charge >= 0.3 is 0 Å². The molecule has 3 rings (SSSR count). The summed E-state index contributed by atoms with van der Waals surface area (Å²) >= 11 is 3.54. The minimum absolute atomic E-state index is 0.366. The van der Waals surface area contributed by atoms with Gasteiger partial charge in [0.15, 0.2) is 0 Å². The third-order valence-corrected chi connectivity index (χ3v) is 5.24. The van der Waals surface area contributed by atoms with Crippen molar-refractivity contribution in [3.8, 4) is 0 Å². The molecule has 2 unspecified atom stereocenters. The number of anilines is 2. The second-order valence-corrected chi connectivity index (χ2v) is 6.71. The number of fused-ring (bicyclic) bond motifs is 1. The van der Waals surface area contributed by atoms with Gasteiger partial charge in [-0.05, 0) is 35.2 Å². The lowest BCUT2D eigenvalue weighted by Crippen LogP contribution is -2.53. The van der Waals surface area contributed by atoms with Crippen LogP contribution < -0.4 is 10.2 Å². The Labute approximate surface area is 127 Å². The number of halogens is 1. The van der Waals surface area contributed by atoms with E-state index in [0.29, 0.717) is 11.9 Å². The lowest BCUT2D eigenvalue weighted by molar-refractivity contribution is -0.0613. The predicted molar refractivity (Wildman–Crippen MR) is 83.0 cm³/mol. The standard InChI is InChI=1S/C14H21BrN4O/c1-16-13-17-8-11(15)12(18-13)19-7-6-14(20)5-3-2-4-10(14)9-19/h8,10,20H,2-7,9H2,1H3,(H,16,17,18). The van der Waals surface area contributed by atoms with Crippen LogP contribution in [0.25, 0.3) is 0 Å². The summed E-state index contributed by atoms with van der Waals surface area (Å²) in [6, 6.07) is 0. The Morgan fingerprint density at radius 3 is 3.10 bits per heavy atom. The molecule has 5 nitrogen and oxygen atoms in total. The van der Waals surface area contributed by atoms with Gasteiger partial charge in [0.05, 0.1) is 10.1 Å². The molecule has 1 aromatic heterocycles. The fourth-order valence-electron chi connectivity index (χ4n) is 3.46. The van der Waals surface area contributed by atoms with E-state index < -0.39 is 5.60 Å². The molecule has 1 aliphatic heterocycles. The van der Waals surface area contributed by atoms with E-state index in [9.17, 15) is 5.11 Å². The largest absolute Gasteiger partial charge is 0.389 e. The van der Waals surface area contributed by atoms with Gasteiger partial charge in [0.25, 0.3) is 0 Å². The summed E-state index contributed by atoms with van der Waals surface area (Å²) in [4.78, 5) is 11.0. The molecule has 0 radical (unpaired) electrons. The fraction of sp³-hybridized carbons (Fsp3) is 0.714. The molecular formula is C14H21BrN4O. The van der Waals surface area contributed by atoms with Crippen molar-refractivity contribution in [2.24, 2.45) is 5.92 Å². The molecule has 2 atom stereocenters. The number of rotatable bonds is 2. The van der Waals surface area contributed by atoms with E-state index in [0.717, 1.165) is 49.1 Å². The Morgan fingerprint density at radius 2 is 2.30 bits per heavy atom. The van der Waals surface area contributed by atoms with Gasteiger partial charge in [-0.15, -0.1) is 0 Å². The van der Waals surface area contributed by atoms with Gasteiger partial charge in [0, 0.05) is 32.3 Å². The van der Waals surface area contributed by atoms with Gasteiger partial charge in [-0.3, -0.25) is 0 Å². The normalized spacial score (nSPS) is 29.9. The predicted octanol–water partition coefficient (Wildman–Crippen LogP) is 2.41. The highest BCUT2D eigenvalue weighted by Crippen LogP contribution is 2.41. The molecule has 110 valence electrons. The van der Waals surface area contributed by atoms with Crippen LogP contribution in [0.1, 0.15) is 32.1 Å². The van der Waals surface area contributed by atoms with E-state index in [1.165, 1.54) is 6.42 Å². The third-order valence-electron chi connectivity index (χ3n) is 4.68. The number of hydrogen-bond acceptors (Lipinski definition) is 5. The molecule has 0 spiro atoms. The van der Waals surface area contributed by atoms with Crippen LogP contribution in [0.15, 0.2) is 10.7 Å². The third kappa shape index (κ3) is 2.51. The topological polar surface area (TPSA) is 61.3 Å². The summed E-state index contributed by atoms with van der Waals surface area (Å²) in [6.07, 6.45) is 7.09. The molecule has 6 heteroatoms. The van der Waals surface area contributed by atoms with E-state index in [1.807, 2.05) is 7.05 Å². The smallest absolute Gasteiger partial charge is 0.224 e. The van der Waals surface area contributed by atoms with Crippen molar-refractivity contribution in [3.05, 3.63) is 10.7 Å². The summed E-state index contributed by atoms with van der Waals surface area (Å²) < 4.78 is 0.915. The summed E-state index contributed by atoms with van der Waals surface area (Å²) in [7, 11) is 1.82. The van der Waals surface area contributed by atoms with Gasteiger partial charge in [-0.25, -0.2) is 4.98 Å². The summed E-state index contributed by atoms with van der Waals surface area (Å²) in [5.74, 6) is 1.93. The van der Waals surface area contributed by atoms with Gasteiger partial charge < -0.3 is 15.3 Å². The van der Waals surface area contributed by atoms with Crippen LogP contribution >= 0.6 is 15.9 Å². The molecule has 1 aliphatic carbocycles. The maximum Gasteiger partial charge on any atom is 0.224 e. The molecule has 0 bridgehead atoms. The Kier molecular flexibility index (Phi) is 3.86. The molecule has 1 saturated heterocycles. The zero-order valence-corrected chi connectivity index (χ0v) is 13.4. The summed E-state index contributed by atoms with van der Waals surface area (Å²) in [5, 5.41) is 13.7. The Morgan fingerprint density at radius 1 is 1.45 bits per heavy atom. The maximum atomic E-state index is 10.7. The second-order valence-electron chi connectivity index (χ2n) is 5.86. The fourth-order valence-corrected chi connectivity index (χ4v) is 3.91. The van der Waals surface area contributed by atoms with Crippen LogP contribution in [0.2, 0.25) is 0 Å². The molecule has 0 amide bonds. The van der Waals surface area contributed by atoms with Crippen molar-refractivity contribution in [2.45, 2.75) is 37.7 Å². The maximum absolute atomic E-state index is 10.7. The molecule has 2 fully saturated rings. The number of piperidine rings is 1. The highest BCUT2D eigenvalue weighted by Gasteiger charge is 2.43. The molecule has 0 aromatic carbocycles. The Balaban J connectivity index is 1.82. The van der Waals surface area contributed by atoms with Crippen molar-refractivity contribution in [1.82, 2.24) is 9.97 Å². The molecule has 1 saturated carbocycles. The Bertz CT molecular complexity index is 498. The average Bonchev–Trinajstić information content (AvgIpc) is 2.47. The minimum atomic E-state index is -0.444. The monoisotopic (exact) mass is 340 g/mol. The van der Waals surface area contributed by atoms with Crippen LogP contribution in [-0.2, 0) is 0 Å². The number of nitrogens with one attached hydrogen (secondary N) is 1. The zero-order valence-electron chi connectivity index (χ0n) is 11.8. The molecule has 2 N–H and O–H groups in total. The Hall–Kier alpha value is -0.880. The van der Waals surface area contributed by atoms with Gasteiger partial charge in [0.2, 0.25) is 5.95 Å². The summed E-state index contributed by atoms with van der Waals surface area (Å²) in [5.41, 5.74) is -0.444. The molecule has 2 aliphatic rings. The first-order valence-electron chi connectivity index (χ1n) is 7.30. The number of nitrogens with zero attached hydrogens (tertiary/aromatic N) is 3. The van der Waals surface area contributed by atoms with E-state index in [2.05, 4.69) is 36.1 Å². The first-order chi connectivity index (χ1) is 9.62. The molecule has 20 heavy (non-hydrogen) atoms. The van der Waals surface area contributed by atoms with Gasteiger partial charge in [0.1, 0.15) is 5.82 Å². The first-order valence-corrected chi connectivity index (χ1v) is 8.09. The van der Waals surface area contributed by atoms with Gasteiger partial charge in [-0.1, -0.05) is 12.8 Å². The van der Waals surface area contributed by atoms with E-state index >= 15 is 0 Å². The lowest BCUT2D eigenvalue weighted by atomic mass is 9.71.